The molecule has 1 aromatic rings. The highest BCUT2D eigenvalue weighted by Gasteiger charge is 2.56. The summed E-state index contributed by atoms with van der Waals surface area (Å²) in [6.07, 6.45) is 4.97. The van der Waals surface area contributed by atoms with Gasteiger partial charge in [-0.25, -0.2) is 0 Å². The van der Waals surface area contributed by atoms with Gasteiger partial charge in [0.25, 0.3) is 0 Å². The van der Waals surface area contributed by atoms with Crippen LogP contribution in [-0.2, 0) is 5.60 Å². The SMILES string of the molecule is OC1(c2ccccc2)[C@H]2CCC[C@H]1C2. The van der Waals surface area contributed by atoms with E-state index in [1.807, 2.05) is 18.2 Å². The van der Waals surface area contributed by atoms with Crippen LogP contribution in [0.3, 0.4) is 0 Å². The van der Waals surface area contributed by atoms with E-state index in [4.69, 9.17) is 0 Å². The van der Waals surface area contributed by atoms with Gasteiger partial charge in [-0.15, -0.1) is 0 Å². The third-order valence-corrected chi connectivity index (χ3v) is 4.16. The van der Waals surface area contributed by atoms with Crippen molar-refractivity contribution in [3.8, 4) is 0 Å². The maximum absolute atomic E-state index is 10.7. The third-order valence-electron chi connectivity index (χ3n) is 4.16. The minimum absolute atomic E-state index is 0.473. The maximum Gasteiger partial charge on any atom is 0.0952 e. The third kappa shape index (κ3) is 0.936. The summed E-state index contributed by atoms with van der Waals surface area (Å²) in [5.74, 6) is 1.06. The molecular weight excluding hydrogens is 172 g/mol. The number of aliphatic hydroxyl groups is 1. The number of benzene rings is 1. The predicted octanol–water partition coefficient (Wildman–Crippen LogP) is 2.69. The molecule has 3 rings (SSSR count). The van der Waals surface area contributed by atoms with Crippen molar-refractivity contribution in [1.29, 1.82) is 0 Å². The van der Waals surface area contributed by atoms with Gasteiger partial charge in [0.1, 0.15) is 0 Å². The maximum atomic E-state index is 10.7. The zero-order valence-corrected chi connectivity index (χ0v) is 8.32. The van der Waals surface area contributed by atoms with Crippen LogP contribution in [-0.4, -0.2) is 5.11 Å². The number of hydrogen-bond acceptors (Lipinski definition) is 1. The molecule has 2 fully saturated rings. The van der Waals surface area contributed by atoms with Crippen molar-refractivity contribution in [1.82, 2.24) is 0 Å². The van der Waals surface area contributed by atoms with Crippen LogP contribution in [0.15, 0.2) is 30.3 Å². The molecule has 2 saturated carbocycles. The van der Waals surface area contributed by atoms with Crippen molar-refractivity contribution in [3.63, 3.8) is 0 Å². The lowest BCUT2D eigenvalue weighted by Crippen LogP contribution is -2.55. The fourth-order valence-electron chi connectivity index (χ4n) is 3.34. The molecule has 0 amide bonds. The molecule has 1 nitrogen and oxygen atoms in total. The number of hydrogen-bond donors (Lipinski definition) is 1. The Kier molecular flexibility index (Phi) is 1.72. The van der Waals surface area contributed by atoms with Gasteiger partial charge < -0.3 is 5.11 Å². The molecule has 0 saturated heterocycles. The Balaban J connectivity index is 1.98. The molecule has 0 radical (unpaired) electrons. The second-order valence-electron chi connectivity index (χ2n) is 4.75. The summed E-state index contributed by atoms with van der Waals surface area (Å²) in [5.41, 5.74) is 0.667. The normalized spacial score (nSPS) is 40.4. The van der Waals surface area contributed by atoms with Crippen molar-refractivity contribution in [2.45, 2.75) is 31.3 Å². The van der Waals surface area contributed by atoms with Crippen molar-refractivity contribution < 1.29 is 5.11 Å². The van der Waals surface area contributed by atoms with Crippen LogP contribution < -0.4 is 0 Å². The Labute approximate surface area is 84.8 Å². The molecule has 0 aliphatic heterocycles. The van der Waals surface area contributed by atoms with Crippen LogP contribution in [0.1, 0.15) is 31.2 Å². The van der Waals surface area contributed by atoms with Gasteiger partial charge in [0.15, 0.2) is 0 Å². The van der Waals surface area contributed by atoms with Gasteiger partial charge in [-0.05, 0) is 36.7 Å². The lowest BCUT2D eigenvalue weighted by Gasteiger charge is -2.56. The number of fused-ring (bicyclic) bond motifs is 2. The van der Waals surface area contributed by atoms with E-state index in [2.05, 4.69) is 12.1 Å². The minimum atomic E-state index is -0.473. The summed E-state index contributed by atoms with van der Waals surface area (Å²) >= 11 is 0. The van der Waals surface area contributed by atoms with Crippen molar-refractivity contribution in [2.75, 3.05) is 0 Å². The monoisotopic (exact) mass is 188 g/mol. The standard InChI is InChI=1S/C13H16O/c14-13(10-5-2-1-3-6-10)11-7-4-8-12(13)9-11/h1-3,5-6,11-12,14H,4,7-9H2/t11-,12-/m0/s1. The molecule has 0 spiro atoms. The van der Waals surface area contributed by atoms with E-state index >= 15 is 0 Å². The summed E-state index contributed by atoms with van der Waals surface area (Å²) in [5, 5.41) is 10.7. The lowest BCUT2D eigenvalue weighted by atomic mass is 9.52. The van der Waals surface area contributed by atoms with Crippen molar-refractivity contribution in [3.05, 3.63) is 35.9 Å². The van der Waals surface area contributed by atoms with E-state index < -0.39 is 5.60 Å². The average molecular weight is 188 g/mol. The Bertz CT molecular complexity index is 316. The highest BCUT2D eigenvalue weighted by molar-refractivity contribution is 5.28. The Morgan fingerprint density at radius 2 is 1.71 bits per heavy atom. The van der Waals surface area contributed by atoms with Crippen LogP contribution in [0.5, 0.6) is 0 Å². The van der Waals surface area contributed by atoms with Gasteiger partial charge in [-0.2, -0.15) is 0 Å². The lowest BCUT2D eigenvalue weighted by molar-refractivity contribution is -0.185. The molecular formula is C13H16O. The molecule has 1 heteroatoms. The minimum Gasteiger partial charge on any atom is -0.385 e. The predicted molar refractivity (Wildman–Crippen MR) is 55.8 cm³/mol. The smallest absolute Gasteiger partial charge is 0.0952 e. The first kappa shape index (κ1) is 8.49. The number of rotatable bonds is 1. The Morgan fingerprint density at radius 1 is 1.07 bits per heavy atom. The zero-order chi connectivity index (χ0) is 9.60. The van der Waals surface area contributed by atoms with Crippen LogP contribution in [0.2, 0.25) is 0 Å². The fourth-order valence-corrected chi connectivity index (χ4v) is 3.34. The van der Waals surface area contributed by atoms with E-state index in [9.17, 15) is 5.11 Å². The van der Waals surface area contributed by atoms with E-state index in [0.717, 1.165) is 5.56 Å². The first-order valence-electron chi connectivity index (χ1n) is 5.59. The first-order chi connectivity index (χ1) is 6.82. The topological polar surface area (TPSA) is 20.2 Å². The van der Waals surface area contributed by atoms with Gasteiger partial charge in [-0.1, -0.05) is 36.8 Å². The molecule has 1 aromatic carbocycles. The van der Waals surface area contributed by atoms with Gasteiger partial charge in [-0.3, -0.25) is 0 Å². The molecule has 2 bridgehead atoms. The van der Waals surface area contributed by atoms with Gasteiger partial charge in [0.2, 0.25) is 0 Å². The zero-order valence-electron chi connectivity index (χ0n) is 8.32. The summed E-state index contributed by atoms with van der Waals surface area (Å²) in [4.78, 5) is 0. The average Bonchev–Trinajstić information content (AvgIpc) is 2.30. The van der Waals surface area contributed by atoms with Crippen molar-refractivity contribution >= 4 is 0 Å². The highest BCUT2D eigenvalue weighted by atomic mass is 16.3. The molecule has 74 valence electrons. The van der Waals surface area contributed by atoms with Crippen LogP contribution >= 0.6 is 0 Å². The molecule has 0 unspecified atom stereocenters. The van der Waals surface area contributed by atoms with E-state index in [-0.39, 0.29) is 0 Å². The van der Waals surface area contributed by atoms with Crippen LogP contribution in [0.4, 0.5) is 0 Å². The van der Waals surface area contributed by atoms with Crippen LogP contribution in [0.25, 0.3) is 0 Å². The fraction of sp³-hybridized carbons (Fsp3) is 0.538. The van der Waals surface area contributed by atoms with E-state index in [1.165, 1.54) is 25.7 Å². The molecule has 2 aliphatic carbocycles. The highest BCUT2D eigenvalue weighted by Crippen LogP contribution is 2.58. The largest absolute Gasteiger partial charge is 0.385 e. The molecule has 2 aliphatic rings. The van der Waals surface area contributed by atoms with Crippen molar-refractivity contribution in [2.24, 2.45) is 11.8 Å². The first-order valence-corrected chi connectivity index (χ1v) is 5.59. The summed E-state index contributed by atoms with van der Waals surface area (Å²) in [6.45, 7) is 0. The Hall–Kier alpha value is -0.820. The van der Waals surface area contributed by atoms with Gasteiger partial charge >= 0.3 is 0 Å². The van der Waals surface area contributed by atoms with E-state index in [0.29, 0.717) is 11.8 Å². The molecule has 0 aromatic heterocycles. The summed E-state index contributed by atoms with van der Waals surface area (Å²) in [7, 11) is 0. The van der Waals surface area contributed by atoms with Gasteiger partial charge in [0, 0.05) is 0 Å². The molecule has 2 atom stereocenters. The molecule has 14 heavy (non-hydrogen) atoms. The molecule has 1 N–H and O–H groups in total. The second-order valence-corrected chi connectivity index (χ2v) is 4.75. The summed E-state index contributed by atoms with van der Waals surface area (Å²) < 4.78 is 0. The van der Waals surface area contributed by atoms with Crippen LogP contribution in [0, 0.1) is 11.8 Å². The second kappa shape index (κ2) is 2.83. The quantitative estimate of drug-likeness (QED) is 0.718. The van der Waals surface area contributed by atoms with Gasteiger partial charge in [0.05, 0.1) is 5.60 Å². The summed E-state index contributed by atoms with van der Waals surface area (Å²) in [6, 6.07) is 10.2. The Morgan fingerprint density at radius 3 is 2.29 bits per heavy atom. The molecule has 0 heterocycles. The van der Waals surface area contributed by atoms with E-state index in [1.54, 1.807) is 0 Å².